The molecule has 1 atom stereocenters. The van der Waals surface area contributed by atoms with Crippen LogP contribution in [0.15, 0.2) is 55.1 Å². The minimum Gasteiger partial charge on any atom is -0.332 e. The van der Waals surface area contributed by atoms with Crippen LogP contribution in [0.4, 0.5) is 13.2 Å². The number of halogens is 3. The first-order chi connectivity index (χ1) is 11.8. The monoisotopic (exact) mass is 345 g/mol. The van der Waals surface area contributed by atoms with E-state index < -0.39 is 11.7 Å². The van der Waals surface area contributed by atoms with Crippen LogP contribution in [0.3, 0.4) is 0 Å². The summed E-state index contributed by atoms with van der Waals surface area (Å²) in [6.45, 7) is 6.01. The quantitative estimate of drug-likeness (QED) is 0.714. The molecule has 1 aliphatic rings. The summed E-state index contributed by atoms with van der Waals surface area (Å²) in [4.78, 5) is 13.7. The number of benzene rings is 2. The van der Waals surface area contributed by atoms with E-state index in [-0.39, 0.29) is 11.9 Å². The van der Waals surface area contributed by atoms with E-state index in [4.69, 9.17) is 0 Å². The summed E-state index contributed by atoms with van der Waals surface area (Å²) < 4.78 is 38.1. The van der Waals surface area contributed by atoms with Gasteiger partial charge in [0.1, 0.15) is 0 Å². The smallest absolute Gasteiger partial charge is 0.332 e. The highest BCUT2D eigenvalue weighted by Crippen LogP contribution is 2.32. The Labute approximate surface area is 144 Å². The van der Waals surface area contributed by atoms with E-state index in [0.717, 1.165) is 40.8 Å². The number of amides is 1. The van der Waals surface area contributed by atoms with Crippen molar-refractivity contribution in [2.24, 2.45) is 0 Å². The third-order valence-corrected chi connectivity index (χ3v) is 4.60. The second-order valence-electron chi connectivity index (χ2n) is 6.28. The zero-order chi connectivity index (χ0) is 18.2. The number of carbonyl (C=O) groups excluding carboxylic acids is 1. The Morgan fingerprint density at radius 3 is 2.36 bits per heavy atom. The summed E-state index contributed by atoms with van der Waals surface area (Å²) >= 11 is 0. The molecule has 25 heavy (non-hydrogen) atoms. The molecule has 1 heterocycles. The lowest BCUT2D eigenvalue weighted by Gasteiger charge is -2.34. The van der Waals surface area contributed by atoms with E-state index in [2.05, 4.69) is 6.58 Å². The second-order valence-corrected chi connectivity index (χ2v) is 6.28. The van der Waals surface area contributed by atoms with Crippen LogP contribution < -0.4 is 0 Å². The molecule has 0 saturated heterocycles. The molecule has 0 aliphatic carbocycles. The first-order valence-electron chi connectivity index (χ1n) is 8.02. The highest BCUT2D eigenvalue weighted by atomic mass is 19.4. The SMILES string of the molecule is C=CC(=O)N1Cc2cc(-c3ccc(C(F)(F)F)cc3)ccc2CC1C. The van der Waals surface area contributed by atoms with Gasteiger partial charge < -0.3 is 4.90 Å². The van der Waals surface area contributed by atoms with Crippen LogP contribution >= 0.6 is 0 Å². The maximum atomic E-state index is 12.7. The largest absolute Gasteiger partial charge is 0.416 e. The fourth-order valence-electron chi connectivity index (χ4n) is 3.18. The topological polar surface area (TPSA) is 20.3 Å². The summed E-state index contributed by atoms with van der Waals surface area (Å²) in [5.41, 5.74) is 3.08. The van der Waals surface area contributed by atoms with Gasteiger partial charge in [-0.3, -0.25) is 4.79 Å². The second kappa shape index (κ2) is 6.39. The van der Waals surface area contributed by atoms with Crippen molar-refractivity contribution < 1.29 is 18.0 Å². The number of hydrogen-bond acceptors (Lipinski definition) is 1. The van der Waals surface area contributed by atoms with Gasteiger partial charge in [-0.1, -0.05) is 30.8 Å². The predicted octanol–water partition coefficient (Wildman–Crippen LogP) is 4.83. The first kappa shape index (κ1) is 17.3. The molecule has 0 radical (unpaired) electrons. The molecule has 1 amide bonds. The van der Waals surface area contributed by atoms with Crippen molar-refractivity contribution in [3.63, 3.8) is 0 Å². The maximum absolute atomic E-state index is 12.7. The van der Waals surface area contributed by atoms with Crippen molar-refractivity contribution in [1.82, 2.24) is 4.90 Å². The van der Waals surface area contributed by atoms with E-state index in [1.54, 1.807) is 4.90 Å². The molecular weight excluding hydrogens is 327 g/mol. The van der Waals surface area contributed by atoms with Gasteiger partial charge in [-0.15, -0.1) is 0 Å². The Balaban J connectivity index is 1.91. The molecule has 0 aromatic heterocycles. The van der Waals surface area contributed by atoms with Gasteiger partial charge >= 0.3 is 6.18 Å². The average molecular weight is 345 g/mol. The van der Waals surface area contributed by atoms with Crippen LogP contribution in [-0.2, 0) is 23.9 Å². The predicted molar refractivity (Wildman–Crippen MR) is 90.8 cm³/mol. The molecule has 1 aliphatic heterocycles. The number of carbonyl (C=O) groups is 1. The summed E-state index contributed by atoms with van der Waals surface area (Å²) in [5, 5.41) is 0. The number of fused-ring (bicyclic) bond motifs is 1. The number of rotatable bonds is 2. The van der Waals surface area contributed by atoms with Gasteiger partial charge in [0.15, 0.2) is 0 Å². The van der Waals surface area contributed by atoms with Crippen LogP contribution in [0, 0.1) is 0 Å². The number of hydrogen-bond donors (Lipinski definition) is 0. The van der Waals surface area contributed by atoms with Gasteiger partial charge in [0.25, 0.3) is 0 Å². The Morgan fingerprint density at radius 1 is 1.12 bits per heavy atom. The fraction of sp³-hybridized carbons (Fsp3) is 0.250. The van der Waals surface area contributed by atoms with Gasteiger partial charge in [-0.05, 0) is 59.9 Å². The van der Waals surface area contributed by atoms with Gasteiger partial charge in [0.05, 0.1) is 5.56 Å². The van der Waals surface area contributed by atoms with Crippen LogP contribution in [0.2, 0.25) is 0 Å². The van der Waals surface area contributed by atoms with Crippen molar-refractivity contribution in [1.29, 1.82) is 0 Å². The molecule has 0 bridgehead atoms. The summed E-state index contributed by atoms with van der Waals surface area (Å²) in [5.74, 6) is -0.113. The molecule has 2 aromatic carbocycles. The minimum atomic E-state index is -4.34. The van der Waals surface area contributed by atoms with Crippen molar-refractivity contribution in [2.75, 3.05) is 0 Å². The molecule has 5 heteroatoms. The average Bonchev–Trinajstić information content (AvgIpc) is 2.59. The van der Waals surface area contributed by atoms with Gasteiger partial charge in [-0.2, -0.15) is 13.2 Å². The molecule has 3 rings (SSSR count). The standard InChI is InChI=1S/C20H18F3NO/c1-3-19(25)24-12-17-11-16(5-4-15(17)10-13(24)2)14-6-8-18(9-7-14)20(21,22)23/h3-9,11,13H,1,10,12H2,2H3. The van der Waals surface area contributed by atoms with Gasteiger partial charge in [0, 0.05) is 12.6 Å². The lowest BCUT2D eigenvalue weighted by molar-refractivity contribution is -0.137. The van der Waals surface area contributed by atoms with Crippen LogP contribution in [0.1, 0.15) is 23.6 Å². The molecule has 2 nitrogen and oxygen atoms in total. The highest BCUT2D eigenvalue weighted by molar-refractivity contribution is 5.87. The van der Waals surface area contributed by atoms with Crippen LogP contribution in [0.25, 0.3) is 11.1 Å². The van der Waals surface area contributed by atoms with E-state index in [0.29, 0.717) is 6.54 Å². The maximum Gasteiger partial charge on any atom is 0.416 e. The van der Waals surface area contributed by atoms with Gasteiger partial charge in [0.2, 0.25) is 5.91 Å². The lowest BCUT2D eigenvalue weighted by Crippen LogP contribution is -2.41. The molecule has 0 spiro atoms. The van der Waals surface area contributed by atoms with E-state index >= 15 is 0 Å². The zero-order valence-corrected chi connectivity index (χ0v) is 13.8. The van der Waals surface area contributed by atoms with Crippen molar-refractivity contribution in [3.8, 4) is 11.1 Å². The Hall–Kier alpha value is -2.56. The third-order valence-electron chi connectivity index (χ3n) is 4.60. The van der Waals surface area contributed by atoms with Gasteiger partial charge in [-0.25, -0.2) is 0 Å². The summed E-state index contributed by atoms with van der Waals surface area (Å²) in [7, 11) is 0. The molecule has 0 fully saturated rings. The van der Waals surface area contributed by atoms with E-state index in [1.807, 2.05) is 25.1 Å². The Bertz CT molecular complexity index is 809. The number of nitrogens with zero attached hydrogens (tertiary/aromatic N) is 1. The Morgan fingerprint density at radius 2 is 1.76 bits per heavy atom. The third kappa shape index (κ3) is 3.45. The molecule has 130 valence electrons. The molecular formula is C20H18F3NO. The van der Waals surface area contributed by atoms with Crippen molar-refractivity contribution in [2.45, 2.75) is 32.1 Å². The van der Waals surface area contributed by atoms with Crippen molar-refractivity contribution in [3.05, 3.63) is 71.8 Å². The van der Waals surface area contributed by atoms with Crippen LogP contribution in [0.5, 0.6) is 0 Å². The van der Waals surface area contributed by atoms with Crippen molar-refractivity contribution >= 4 is 5.91 Å². The summed E-state index contributed by atoms with van der Waals surface area (Å²) in [6, 6.07) is 11.1. The number of alkyl halides is 3. The molecule has 0 saturated carbocycles. The zero-order valence-electron chi connectivity index (χ0n) is 13.8. The minimum absolute atomic E-state index is 0.0925. The highest BCUT2D eigenvalue weighted by Gasteiger charge is 2.30. The van der Waals surface area contributed by atoms with E-state index in [1.165, 1.54) is 18.2 Å². The normalized spacial score (nSPS) is 17.1. The fourth-order valence-corrected chi connectivity index (χ4v) is 3.18. The molecule has 1 unspecified atom stereocenters. The Kier molecular flexibility index (Phi) is 4.41. The summed E-state index contributed by atoms with van der Waals surface area (Å²) in [6.07, 6.45) is -2.28. The van der Waals surface area contributed by atoms with E-state index in [9.17, 15) is 18.0 Å². The first-order valence-corrected chi connectivity index (χ1v) is 8.02. The molecule has 0 N–H and O–H groups in total. The lowest BCUT2D eigenvalue weighted by atomic mass is 9.91. The van der Waals surface area contributed by atoms with Crippen LogP contribution in [-0.4, -0.2) is 16.8 Å². The molecule has 2 aromatic rings.